The van der Waals surface area contributed by atoms with E-state index in [1.807, 2.05) is 32.0 Å². The van der Waals surface area contributed by atoms with Crippen LogP contribution in [0.4, 0.5) is 5.69 Å². The van der Waals surface area contributed by atoms with Crippen molar-refractivity contribution in [2.45, 2.75) is 39.2 Å². The fourth-order valence-electron chi connectivity index (χ4n) is 3.41. The van der Waals surface area contributed by atoms with Gasteiger partial charge in [0.2, 0.25) is 5.91 Å². The lowest BCUT2D eigenvalue weighted by Crippen LogP contribution is -2.50. The number of rotatable bonds is 6. The molecule has 1 aromatic carbocycles. The molecule has 0 spiro atoms. The van der Waals surface area contributed by atoms with E-state index in [1.54, 1.807) is 4.90 Å². The number of amides is 2. The van der Waals surface area contributed by atoms with Crippen molar-refractivity contribution >= 4 is 17.5 Å². The molecule has 6 heteroatoms. The van der Waals surface area contributed by atoms with Crippen molar-refractivity contribution in [1.82, 2.24) is 10.2 Å². The third-order valence-electron chi connectivity index (χ3n) is 4.84. The number of fused-ring (bicyclic) bond motifs is 1. The molecule has 1 unspecified atom stereocenters. The summed E-state index contributed by atoms with van der Waals surface area (Å²) in [6, 6.07) is 5.73. The van der Waals surface area contributed by atoms with E-state index in [-0.39, 0.29) is 18.4 Å². The van der Waals surface area contributed by atoms with Gasteiger partial charge in [0, 0.05) is 13.1 Å². The molecule has 2 amide bonds. The fourth-order valence-corrected chi connectivity index (χ4v) is 3.41. The van der Waals surface area contributed by atoms with Crippen LogP contribution in [-0.2, 0) is 9.59 Å². The molecule has 136 valence electrons. The maximum Gasteiger partial charge on any atom is 0.268 e. The number of anilines is 1. The first-order valence-corrected chi connectivity index (χ1v) is 9.16. The van der Waals surface area contributed by atoms with E-state index < -0.39 is 6.10 Å². The van der Waals surface area contributed by atoms with Crippen molar-refractivity contribution in [1.29, 1.82) is 0 Å². The van der Waals surface area contributed by atoms with Gasteiger partial charge in [0.05, 0.1) is 5.69 Å². The summed E-state index contributed by atoms with van der Waals surface area (Å²) in [6.45, 7) is 7.63. The molecular weight excluding hydrogens is 318 g/mol. The molecule has 25 heavy (non-hydrogen) atoms. The summed E-state index contributed by atoms with van der Waals surface area (Å²) in [4.78, 5) is 28.9. The Kier molecular flexibility index (Phi) is 5.58. The van der Waals surface area contributed by atoms with Crippen LogP contribution < -0.4 is 15.0 Å². The van der Waals surface area contributed by atoms with Crippen LogP contribution in [0.1, 0.15) is 31.7 Å². The summed E-state index contributed by atoms with van der Waals surface area (Å²) in [5.41, 5.74) is 1.72. The molecule has 1 N–H and O–H groups in total. The Balaban J connectivity index is 1.64. The first-order valence-electron chi connectivity index (χ1n) is 9.16. The molecule has 1 aromatic rings. The zero-order valence-electron chi connectivity index (χ0n) is 15.1. The number of benzene rings is 1. The van der Waals surface area contributed by atoms with E-state index in [2.05, 4.69) is 10.2 Å². The summed E-state index contributed by atoms with van der Waals surface area (Å²) in [5.74, 6) is 0.397. The van der Waals surface area contributed by atoms with Gasteiger partial charge in [-0.05, 0) is 57.0 Å². The number of aryl methyl sites for hydroxylation is 1. The molecule has 0 radical (unpaired) electrons. The average Bonchev–Trinajstić information content (AvgIpc) is 3.11. The zero-order chi connectivity index (χ0) is 17.8. The van der Waals surface area contributed by atoms with Crippen molar-refractivity contribution in [3.63, 3.8) is 0 Å². The quantitative estimate of drug-likeness (QED) is 0.853. The number of hydrogen-bond acceptors (Lipinski definition) is 4. The summed E-state index contributed by atoms with van der Waals surface area (Å²) in [7, 11) is 0. The molecule has 0 bridgehead atoms. The highest BCUT2D eigenvalue weighted by molar-refractivity contribution is 6.03. The van der Waals surface area contributed by atoms with Crippen LogP contribution in [0, 0.1) is 6.92 Å². The van der Waals surface area contributed by atoms with Gasteiger partial charge in [-0.1, -0.05) is 13.0 Å². The summed E-state index contributed by atoms with van der Waals surface area (Å²) in [5, 5.41) is 2.94. The maximum atomic E-state index is 12.7. The molecule has 2 heterocycles. The Morgan fingerprint density at radius 2 is 2.08 bits per heavy atom. The van der Waals surface area contributed by atoms with Crippen LogP contribution in [0.15, 0.2) is 18.2 Å². The fraction of sp³-hybridized carbons (Fsp3) is 0.579. The molecule has 0 saturated carbocycles. The van der Waals surface area contributed by atoms with E-state index in [1.165, 1.54) is 12.8 Å². The monoisotopic (exact) mass is 345 g/mol. The lowest BCUT2D eigenvalue weighted by molar-refractivity contribution is -0.129. The Morgan fingerprint density at radius 1 is 1.32 bits per heavy atom. The molecule has 0 aliphatic carbocycles. The van der Waals surface area contributed by atoms with Crippen molar-refractivity contribution < 1.29 is 14.3 Å². The molecule has 2 aliphatic heterocycles. The van der Waals surface area contributed by atoms with Crippen molar-refractivity contribution in [3.8, 4) is 5.75 Å². The van der Waals surface area contributed by atoms with E-state index in [0.717, 1.165) is 25.2 Å². The first-order chi connectivity index (χ1) is 12.1. The Labute approximate surface area is 149 Å². The predicted octanol–water partition coefficient (Wildman–Crippen LogP) is 1.71. The number of carbonyl (C=O) groups is 2. The minimum Gasteiger partial charge on any atom is -0.478 e. The second kappa shape index (κ2) is 7.87. The summed E-state index contributed by atoms with van der Waals surface area (Å²) >= 11 is 0. The molecule has 1 atom stereocenters. The van der Waals surface area contributed by atoms with E-state index >= 15 is 0 Å². The maximum absolute atomic E-state index is 12.7. The van der Waals surface area contributed by atoms with Gasteiger partial charge in [0.15, 0.2) is 6.10 Å². The van der Waals surface area contributed by atoms with Crippen LogP contribution in [0.2, 0.25) is 0 Å². The van der Waals surface area contributed by atoms with Crippen LogP contribution >= 0.6 is 0 Å². The lowest BCUT2D eigenvalue weighted by Gasteiger charge is -2.34. The smallest absolute Gasteiger partial charge is 0.268 e. The normalized spacial score (nSPS) is 20.3. The van der Waals surface area contributed by atoms with Crippen LogP contribution in [0.3, 0.4) is 0 Å². The number of nitrogens with zero attached hydrogens (tertiary/aromatic N) is 2. The number of carbonyl (C=O) groups excluding carboxylic acids is 2. The van der Waals surface area contributed by atoms with Crippen LogP contribution in [0.25, 0.3) is 0 Å². The average molecular weight is 345 g/mol. The highest BCUT2D eigenvalue weighted by Gasteiger charge is 2.34. The number of hydrogen-bond donors (Lipinski definition) is 1. The van der Waals surface area contributed by atoms with Gasteiger partial charge in [-0.3, -0.25) is 14.5 Å². The lowest BCUT2D eigenvalue weighted by atomic mass is 10.1. The highest BCUT2D eigenvalue weighted by Crippen LogP contribution is 2.35. The standard InChI is InChI=1S/C19H27N3O3/c1-3-16-19(24)22(15-12-14(2)6-7-17(15)25-16)13-18(23)20-8-11-21-9-4-5-10-21/h6-7,12,16H,3-5,8-11,13H2,1-2H3,(H,20,23). The Hall–Kier alpha value is -2.08. The van der Waals surface area contributed by atoms with Crippen molar-refractivity contribution in [3.05, 3.63) is 23.8 Å². The molecule has 3 rings (SSSR count). The van der Waals surface area contributed by atoms with Gasteiger partial charge >= 0.3 is 0 Å². The predicted molar refractivity (Wildman–Crippen MR) is 96.9 cm³/mol. The molecule has 1 saturated heterocycles. The van der Waals surface area contributed by atoms with E-state index in [4.69, 9.17) is 4.74 Å². The zero-order valence-corrected chi connectivity index (χ0v) is 15.1. The molecular formula is C19H27N3O3. The van der Waals surface area contributed by atoms with Gasteiger partial charge in [-0.15, -0.1) is 0 Å². The first kappa shape index (κ1) is 17.7. The largest absolute Gasteiger partial charge is 0.478 e. The van der Waals surface area contributed by atoms with E-state index in [0.29, 0.717) is 24.4 Å². The Bertz CT molecular complexity index is 641. The SMILES string of the molecule is CCC1Oc2ccc(C)cc2N(CC(=O)NCCN2CCCC2)C1=O. The second-order valence-corrected chi connectivity index (χ2v) is 6.81. The minimum absolute atomic E-state index is 0.0369. The summed E-state index contributed by atoms with van der Waals surface area (Å²) < 4.78 is 5.78. The van der Waals surface area contributed by atoms with Crippen molar-refractivity contribution in [2.24, 2.45) is 0 Å². The van der Waals surface area contributed by atoms with Gasteiger partial charge < -0.3 is 15.0 Å². The van der Waals surface area contributed by atoms with Crippen LogP contribution in [-0.4, -0.2) is 55.5 Å². The number of likely N-dealkylation sites (tertiary alicyclic amines) is 1. The summed E-state index contributed by atoms with van der Waals surface area (Å²) in [6.07, 6.45) is 2.54. The second-order valence-electron chi connectivity index (χ2n) is 6.81. The van der Waals surface area contributed by atoms with Gasteiger partial charge in [0.25, 0.3) is 5.91 Å². The van der Waals surface area contributed by atoms with Gasteiger partial charge in [-0.25, -0.2) is 0 Å². The van der Waals surface area contributed by atoms with Crippen LogP contribution in [0.5, 0.6) is 5.75 Å². The minimum atomic E-state index is -0.521. The third-order valence-corrected chi connectivity index (χ3v) is 4.84. The van der Waals surface area contributed by atoms with Crippen molar-refractivity contribution in [2.75, 3.05) is 37.6 Å². The third kappa shape index (κ3) is 4.12. The molecule has 0 aromatic heterocycles. The molecule has 6 nitrogen and oxygen atoms in total. The van der Waals surface area contributed by atoms with E-state index in [9.17, 15) is 9.59 Å². The topological polar surface area (TPSA) is 61.9 Å². The molecule has 2 aliphatic rings. The number of ether oxygens (including phenoxy) is 1. The highest BCUT2D eigenvalue weighted by atomic mass is 16.5. The number of nitrogens with one attached hydrogen (secondary N) is 1. The van der Waals surface area contributed by atoms with Gasteiger partial charge in [0.1, 0.15) is 12.3 Å². The van der Waals surface area contributed by atoms with Gasteiger partial charge in [-0.2, -0.15) is 0 Å². The Morgan fingerprint density at radius 3 is 2.80 bits per heavy atom. The molecule has 1 fully saturated rings.